The van der Waals surface area contributed by atoms with Crippen molar-refractivity contribution in [3.63, 3.8) is 0 Å². The molecule has 0 bridgehead atoms. The van der Waals surface area contributed by atoms with Gasteiger partial charge in [-0.05, 0) is 18.8 Å². The van der Waals surface area contributed by atoms with Gasteiger partial charge in [-0.3, -0.25) is 0 Å². The molecule has 1 aromatic rings. The highest BCUT2D eigenvalue weighted by molar-refractivity contribution is 5.35. The topological polar surface area (TPSA) is 29.0 Å². The summed E-state index contributed by atoms with van der Waals surface area (Å²) >= 11 is 0. The van der Waals surface area contributed by atoms with E-state index in [2.05, 4.69) is 9.97 Å². The van der Waals surface area contributed by atoms with Gasteiger partial charge in [-0.15, -0.1) is 0 Å². The Bertz CT molecular complexity index is 299. The number of hydrogen-bond acceptors (Lipinski definition) is 3. The van der Waals surface area contributed by atoms with Crippen molar-refractivity contribution < 1.29 is 4.39 Å². The average Bonchev–Trinajstić information content (AvgIpc) is 2.88. The fraction of sp³-hybridized carbons (Fsp3) is 0.556. The zero-order valence-electron chi connectivity index (χ0n) is 7.57. The predicted molar refractivity (Wildman–Crippen MR) is 48.0 cm³/mol. The fourth-order valence-electron chi connectivity index (χ4n) is 1.31. The van der Waals surface area contributed by atoms with Crippen LogP contribution in [0.4, 0.5) is 10.2 Å². The standard InChI is InChI=1S/C9H12FN3/c1-13(5-7-2-3-7)9-4-8(10)11-6-12-9/h4,6-7H,2-3,5H2,1H3. The summed E-state index contributed by atoms with van der Waals surface area (Å²) in [5.74, 6) is 0.982. The number of hydrogen-bond donors (Lipinski definition) is 0. The maximum Gasteiger partial charge on any atom is 0.218 e. The lowest BCUT2D eigenvalue weighted by atomic mass is 10.4. The van der Waals surface area contributed by atoms with E-state index in [1.165, 1.54) is 25.2 Å². The van der Waals surface area contributed by atoms with Gasteiger partial charge in [0.25, 0.3) is 0 Å². The van der Waals surface area contributed by atoms with Crippen LogP contribution in [0.5, 0.6) is 0 Å². The van der Waals surface area contributed by atoms with Crippen LogP contribution in [0.1, 0.15) is 12.8 Å². The molecule has 2 rings (SSSR count). The molecule has 1 heterocycles. The largest absolute Gasteiger partial charge is 0.359 e. The molecule has 0 N–H and O–H groups in total. The van der Waals surface area contributed by atoms with Crippen molar-refractivity contribution in [2.75, 3.05) is 18.5 Å². The molecule has 1 aliphatic rings. The summed E-state index contributed by atoms with van der Waals surface area (Å²) in [6, 6.07) is 1.36. The van der Waals surface area contributed by atoms with E-state index in [1.807, 2.05) is 11.9 Å². The van der Waals surface area contributed by atoms with Crippen LogP contribution >= 0.6 is 0 Å². The van der Waals surface area contributed by atoms with Crippen molar-refractivity contribution in [1.29, 1.82) is 0 Å². The molecule has 1 aliphatic carbocycles. The third-order valence-electron chi connectivity index (χ3n) is 2.24. The summed E-state index contributed by atoms with van der Waals surface area (Å²) < 4.78 is 12.7. The maximum absolute atomic E-state index is 12.7. The molecule has 70 valence electrons. The predicted octanol–water partition coefficient (Wildman–Crippen LogP) is 1.46. The molecule has 1 fully saturated rings. The van der Waals surface area contributed by atoms with Crippen molar-refractivity contribution in [2.45, 2.75) is 12.8 Å². The number of aromatic nitrogens is 2. The summed E-state index contributed by atoms with van der Waals surface area (Å²) in [6.45, 7) is 0.969. The second kappa shape index (κ2) is 3.28. The van der Waals surface area contributed by atoms with Crippen LogP contribution in [-0.2, 0) is 0 Å². The van der Waals surface area contributed by atoms with Gasteiger partial charge >= 0.3 is 0 Å². The quantitative estimate of drug-likeness (QED) is 0.661. The van der Waals surface area contributed by atoms with Crippen LogP contribution in [-0.4, -0.2) is 23.6 Å². The molecule has 3 nitrogen and oxygen atoms in total. The third kappa shape index (κ3) is 2.14. The molecular weight excluding hydrogens is 169 g/mol. The van der Waals surface area contributed by atoms with Gasteiger partial charge in [-0.1, -0.05) is 0 Å². The minimum absolute atomic E-state index is 0.465. The Morgan fingerprint density at radius 3 is 2.92 bits per heavy atom. The Hall–Kier alpha value is -1.19. The minimum atomic E-state index is -0.465. The van der Waals surface area contributed by atoms with Crippen molar-refractivity contribution in [1.82, 2.24) is 9.97 Å². The SMILES string of the molecule is CN(CC1CC1)c1cc(F)ncn1. The molecule has 1 aromatic heterocycles. The maximum atomic E-state index is 12.7. The lowest BCUT2D eigenvalue weighted by Crippen LogP contribution is -2.21. The second-order valence-corrected chi connectivity index (χ2v) is 3.52. The number of anilines is 1. The molecule has 0 aliphatic heterocycles. The van der Waals surface area contributed by atoms with Crippen molar-refractivity contribution in [2.24, 2.45) is 5.92 Å². The van der Waals surface area contributed by atoms with Gasteiger partial charge in [0.1, 0.15) is 12.1 Å². The van der Waals surface area contributed by atoms with E-state index in [0.29, 0.717) is 5.82 Å². The number of nitrogens with zero attached hydrogens (tertiary/aromatic N) is 3. The molecule has 13 heavy (non-hydrogen) atoms. The second-order valence-electron chi connectivity index (χ2n) is 3.52. The monoisotopic (exact) mass is 181 g/mol. The van der Waals surface area contributed by atoms with E-state index in [-0.39, 0.29) is 0 Å². The molecule has 0 amide bonds. The van der Waals surface area contributed by atoms with Gasteiger partial charge in [0.2, 0.25) is 5.95 Å². The van der Waals surface area contributed by atoms with Crippen LogP contribution in [0.3, 0.4) is 0 Å². The van der Waals surface area contributed by atoms with Gasteiger partial charge in [0.05, 0.1) is 0 Å². The van der Waals surface area contributed by atoms with Crippen molar-refractivity contribution >= 4 is 5.82 Å². The Kier molecular flexibility index (Phi) is 2.12. The first-order chi connectivity index (χ1) is 6.25. The molecule has 0 radical (unpaired) electrons. The Morgan fingerprint density at radius 1 is 1.54 bits per heavy atom. The van der Waals surface area contributed by atoms with Gasteiger partial charge in [0.15, 0.2) is 0 Å². The van der Waals surface area contributed by atoms with E-state index in [0.717, 1.165) is 12.5 Å². The van der Waals surface area contributed by atoms with E-state index in [9.17, 15) is 4.39 Å². The molecule has 0 saturated heterocycles. The third-order valence-corrected chi connectivity index (χ3v) is 2.24. The fourth-order valence-corrected chi connectivity index (χ4v) is 1.31. The number of halogens is 1. The van der Waals surface area contributed by atoms with E-state index >= 15 is 0 Å². The molecule has 0 spiro atoms. The first-order valence-electron chi connectivity index (χ1n) is 4.44. The van der Waals surface area contributed by atoms with Gasteiger partial charge < -0.3 is 4.90 Å². The lowest BCUT2D eigenvalue weighted by molar-refractivity contribution is 0.578. The molecule has 0 unspecified atom stereocenters. The summed E-state index contributed by atoms with van der Waals surface area (Å²) in [7, 11) is 1.93. The molecule has 0 atom stereocenters. The summed E-state index contributed by atoms with van der Waals surface area (Å²) in [4.78, 5) is 9.38. The van der Waals surface area contributed by atoms with Crippen LogP contribution in [0, 0.1) is 11.9 Å². The summed E-state index contributed by atoms with van der Waals surface area (Å²) in [5, 5.41) is 0. The number of rotatable bonds is 3. The Morgan fingerprint density at radius 2 is 2.31 bits per heavy atom. The zero-order valence-corrected chi connectivity index (χ0v) is 7.57. The first-order valence-corrected chi connectivity index (χ1v) is 4.44. The molecule has 4 heteroatoms. The highest BCUT2D eigenvalue weighted by Crippen LogP contribution is 2.30. The molecule has 0 aromatic carbocycles. The average molecular weight is 181 g/mol. The first kappa shape index (κ1) is 8.41. The van der Waals surface area contributed by atoms with E-state index in [4.69, 9.17) is 0 Å². The van der Waals surface area contributed by atoms with Crippen LogP contribution in [0.2, 0.25) is 0 Å². The van der Waals surface area contributed by atoms with E-state index in [1.54, 1.807) is 0 Å². The Balaban J connectivity index is 2.04. The van der Waals surface area contributed by atoms with E-state index < -0.39 is 5.95 Å². The van der Waals surface area contributed by atoms with Gasteiger partial charge in [0, 0.05) is 19.7 Å². The van der Waals surface area contributed by atoms with Gasteiger partial charge in [-0.25, -0.2) is 9.97 Å². The zero-order chi connectivity index (χ0) is 9.26. The highest BCUT2D eigenvalue weighted by Gasteiger charge is 2.23. The summed E-state index contributed by atoms with van der Waals surface area (Å²) in [5.41, 5.74) is 0. The smallest absolute Gasteiger partial charge is 0.218 e. The lowest BCUT2D eigenvalue weighted by Gasteiger charge is -2.16. The normalized spacial score (nSPS) is 15.8. The molecule has 1 saturated carbocycles. The van der Waals surface area contributed by atoms with Crippen LogP contribution in [0.15, 0.2) is 12.4 Å². The van der Waals surface area contributed by atoms with Crippen molar-refractivity contribution in [3.05, 3.63) is 18.3 Å². The van der Waals surface area contributed by atoms with Crippen LogP contribution in [0.25, 0.3) is 0 Å². The van der Waals surface area contributed by atoms with Crippen LogP contribution < -0.4 is 4.90 Å². The summed E-state index contributed by atoms with van der Waals surface area (Å²) in [6.07, 6.45) is 3.84. The molecular formula is C9H12FN3. The highest BCUT2D eigenvalue weighted by atomic mass is 19.1. The van der Waals surface area contributed by atoms with Crippen molar-refractivity contribution in [3.8, 4) is 0 Å². The Labute approximate surface area is 76.6 Å². The minimum Gasteiger partial charge on any atom is -0.359 e. The van der Waals surface area contributed by atoms with Gasteiger partial charge in [-0.2, -0.15) is 4.39 Å².